The molecule has 0 aliphatic rings. The Morgan fingerprint density at radius 1 is 1.29 bits per heavy atom. The molecule has 1 aromatic rings. The topological polar surface area (TPSA) is 15.3 Å². The summed E-state index contributed by atoms with van der Waals surface area (Å²) >= 11 is 1.85. The summed E-state index contributed by atoms with van der Waals surface area (Å²) in [5.74, 6) is 0. The summed E-state index contributed by atoms with van der Waals surface area (Å²) < 4.78 is 0. The van der Waals surface area contributed by atoms with Crippen molar-refractivity contribution in [3.63, 3.8) is 0 Å². The standard InChI is InChI=1S/C14H26N2S/c1-4-10-16(13(2)3)11-9-15-8-7-14-6-5-12-17-14/h5-6,12-13,15H,4,7-11H2,1-3H3. The molecule has 0 spiro atoms. The molecule has 17 heavy (non-hydrogen) atoms. The maximum absolute atomic E-state index is 3.53. The molecule has 0 radical (unpaired) electrons. The Labute approximate surface area is 110 Å². The van der Waals surface area contributed by atoms with Crippen LogP contribution in [0.5, 0.6) is 0 Å². The van der Waals surface area contributed by atoms with E-state index in [0.717, 1.165) is 26.1 Å². The highest BCUT2D eigenvalue weighted by Gasteiger charge is 2.06. The summed E-state index contributed by atoms with van der Waals surface area (Å²) in [6.45, 7) is 11.4. The van der Waals surface area contributed by atoms with Crippen molar-refractivity contribution < 1.29 is 0 Å². The zero-order chi connectivity index (χ0) is 12.5. The van der Waals surface area contributed by atoms with Crippen LogP contribution in [0.3, 0.4) is 0 Å². The average Bonchev–Trinajstić information content (AvgIpc) is 2.80. The van der Waals surface area contributed by atoms with E-state index in [1.54, 1.807) is 0 Å². The second kappa shape index (κ2) is 8.67. The first-order valence-corrected chi connectivity index (χ1v) is 7.59. The molecular weight excluding hydrogens is 228 g/mol. The van der Waals surface area contributed by atoms with Crippen molar-refractivity contribution in [3.05, 3.63) is 22.4 Å². The van der Waals surface area contributed by atoms with E-state index >= 15 is 0 Å². The van der Waals surface area contributed by atoms with Gasteiger partial charge in [0, 0.05) is 30.6 Å². The molecule has 0 aromatic carbocycles. The van der Waals surface area contributed by atoms with Gasteiger partial charge in [-0.15, -0.1) is 11.3 Å². The van der Waals surface area contributed by atoms with Crippen LogP contribution < -0.4 is 5.32 Å². The zero-order valence-corrected chi connectivity index (χ0v) is 12.2. The van der Waals surface area contributed by atoms with Gasteiger partial charge in [0.1, 0.15) is 0 Å². The Kier molecular flexibility index (Phi) is 7.49. The fraction of sp³-hybridized carbons (Fsp3) is 0.714. The summed E-state index contributed by atoms with van der Waals surface area (Å²) in [6.07, 6.45) is 2.40. The van der Waals surface area contributed by atoms with Gasteiger partial charge in [-0.1, -0.05) is 13.0 Å². The molecular formula is C14H26N2S. The summed E-state index contributed by atoms with van der Waals surface area (Å²) in [7, 11) is 0. The lowest BCUT2D eigenvalue weighted by Crippen LogP contribution is -2.37. The van der Waals surface area contributed by atoms with Crippen LogP contribution in [0.2, 0.25) is 0 Å². The normalized spacial score (nSPS) is 11.6. The van der Waals surface area contributed by atoms with Gasteiger partial charge in [-0.3, -0.25) is 4.90 Å². The van der Waals surface area contributed by atoms with Gasteiger partial charge in [0.15, 0.2) is 0 Å². The Morgan fingerprint density at radius 2 is 2.12 bits per heavy atom. The third kappa shape index (κ3) is 6.20. The largest absolute Gasteiger partial charge is 0.315 e. The molecule has 0 aliphatic heterocycles. The summed E-state index contributed by atoms with van der Waals surface area (Å²) in [4.78, 5) is 4.02. The minimum atomic E-state index is 0.661. The van der Waals surface area contributed by atoms with Crippen molar-refractivity contribution >= 4 is 11.3 Å². The Bertz CT molecular complexity index is 270. The quantitative estimate of drug-likeness (QED) is 0.682. The van der Waals surface area contributed by atoms with Crippen molar-refractivity contribution in [1.82, 2.24) is 10.2 Å². The second-order valence-electron chi connectivity index (χ2n) is 4.71. The van der Waals surface area contributed by atoms with Crippen LogP contribution in [0, 0.1) is 0 Å². The monoisotopic (exact) mass is 254 g/mol. The van der Waals surface area contributed by atoms with Crippen LogP contribution in [0.4, 0.5) is 0 Å². The van der Waals surface area contributed by atoms with Gasteiger partial charge in [0.25, 0.3) is 0 Å². The van der Waals surface area contributed by atoms with Crippen LogP contribution in [-0.2, 0) is 6.42 Å². The number of nitrogens with one attached hydrogen (secondary N) is 1. The van der Waals surface area contributed by atoms with Crippen molar-refractivity contribution in [2.75, 3.05) is 26.2 Å². The molecule has 3 heteroatoms. The number of thiophene rings is 1. The Hall–Kier alpha value is -0.380. The number of nitrogens with zero attached hydrogens (tertiary/aromatic N) is 1. The molecule has 2 nitrogen and oxygen atoms in total. The maximum Gasteiger partial charge on any atom is 0.0110 e. The van der Waals surface area contributed by atoms with E-state index in [1.807, 2.05) is 11.3 Å². The first kappa shape index (κ1) is 14.7. The molecule has 0 atom stereocenters. The highest BCUT2D eigenvalue weighted by atomic mass is 32.1. The molecule has 0 bridgehead atoms. The van der Waals surface area contributed by atoms with Gasteiger partial charge in [0.05, 0.1) is 0 Å². The average molecular weight is 254 g/mol. The molecule has 0 aliphatic carbocycles. The molecule has 1 heterocycles. The van der Waals surface area contributed by atoms with Crippen molar-refractivity contribution in [1.29, 1.82) is 0 Å². The molecule has 0 fully saturated rings. The van der Waals surface area contributed by atoms with Gasteiger partial charge in [-0.2, -0.15) is 0 Å². The lowest BCUT2D eigenvalue weighted by atomic mass is 10.3. The molecule has 0 saturated heterocycles. The van der Waals surface area contributed by atoms with Crippen molar-refractivity contribution in [3.8, 4) is 0 Å². The minimum Gasteiger partial charge on any atom is -0.315 e. The van der Waals surface area contributed by atoms with Crippen LogP contribution in [0.25, 0.3) is 0 Å². The lowest BCUT2D eigenvalue weighted by Gasteiger charge is -2.25. The van der Waals surface area contributed by atoms with Gasteiger partial charge in [-0.05, 0) is 44.7 Å². The molecule has 0 unspecified atom stereocenters. The summed E-state index contributed by atoms with van der Waals surface area (Å²) in [5.41, 5.74) is 0. The van der Waals surface area contributed by atoms with Crippen LogP contribution >= 0.6 is 11.3 Å². The summed E-state index contributed by atoms with van der Waals surface area (Å²) in [5, 5.41) is 5.68. The van der Waals surface area contributed by atoms with E-state index < -0.39 is 0 Å². The van der Waals surface area contributed by atoms with Gasteiger partial charge in [-0.25, -0.2) is 0 Å². The predicted octanol–water partition coefficient (Wildman–Crippen LogP) is 3.00. The molecule has 1 N–H and O–H groups in total. The molecule has 1 rings (SSSR count). The highest BCUT2D eigenvalue weighted by molar-refractivity contribution is 7.09. The van der Waals surface area contributed by atoms with E-state index in [-0.39, 0.29) is 0 Å². The lowest BCUT2D eigenvalue weighted by molar-refractivity contribution is 0.222. The molecule has 0 saturated carbocycles. The van der Waals surface area contributed by atoms with Crippen LogP contribution in [0.15, 0.2) is 17.5 Å². The second-order valence-corrected chi connectivity index (χ2v) is 5.74. The van der Waals surface area contributed by atoms with Crippen molar-refractivity contribution in [2.24, 2.45) is 0 Å². The highest BCUT2D eigenvalue weighted by Crippen LogP contribution is 2.07. The van der Waals surface area contributed by atoms with E-state index in [9.17, 15) is 0 Å². The third-order valence-electron chi connectivity index (χ3n) is 2.95. The first-order valence-electron chi connectivity index (χ1n) is 6.71. The van der Waals surface area contributed by atoms with Gasteiger partial charge < -0.3 is 5.32 Å². The fourth-order valence-corrected chi connectivity index (χ4v) is 2.64. The minimum absolute atomic E-state index is 0.661. The molecule has 98 valence electrons. The van der Waals surface area contributed by atoms with Crippen molar-refractivity contribution in [2.45, 2.75) is 39.7 Å². The Balaban J connectivity index is 2.06. The zero-order valence-electron chi connectivity index (χ0n) is 11.4. The van der Waals surface area contributed by atoms with Gasteiger partial charge >= 0.3 is 0 Å². The molecule has 1 aromatic heterocycles. The SMILES string of the molecule is CCCN(CCNCCc1cccs1)C(C)C. The Morgan fingerprint density at radius 3 is 2.71 bits per heavy atom. The first-order chi connectivity index (χ1) is 8.24. The fourth-order valence-electron chi connectivity index (χ4n) is 1.93. The third-order valence-corrected chi connectivity index (χ3v) is 3.88. The van der Waals surface area contributed by atoms with E-state index in [1.165, 1.54) is 17.8 Å². The number of hydrogen-bond donors (Lipinski definition) is 1. The van der Waals surface area contributed by atoms with E-state index in [0.29, 0.717) is 6.04 Å². The summed E-state index contributed by atoms with van der Waals surface area (Å²) in [6, 6.07) is 5.00. The predicted molar refractivity (Wildman–Crippen MR) is 77.9 cm³/mol. The number of hydrogen-bond acceptors (Lipinski definition) is 3. The maximum atomic E-state index is 3.53. The molecule has 0 amide bonds. The van der Waals surface area contributed by atoms with Gasteiger partial charge in [0.2, 0.25) is 0 Å². The van der Waals surface area contributed by atoms with E-state index in [4.69, 9.17) is 0 Å². The smallest absolute Gasteiger partial charge is 0.0110 e. The number of rotatable bonds is 9. The van der Waals surface area contributed by atoms with Crippen LogP contribution in [-0.4, -0.2) is 37.1 Å². The van der Waals surface area contributed by atoms with Crippen LogP contribution in [0.1, 0.15) is 32.1 Å². The van der Waals surface area contributed by atoms with E-state index in [2.05, 4.69) is 48.5 Å².